The summed E-state index contributed by atoms with van der Waals surface area (Å²) in [5.74, 6) is 0.188. The summed E-state index contributed by atoms with van der Waals surface area (Å²) < 4.78 is 6.75. The second kappa shape index (κ2) is 6.23. The van der Waals surface area contributed by atoms with E-state index in [2.05, 4.69) is 20.6 Å². The molecule has 0 saturated heterocycles. The molecule has 0 bridgehead atoms. The summed E-state index contributed by atoms with van der Waals surface area (Å²) in [7, 11) is 0. The Kier molecular flexibility index (Phi) is 3.89. The van der Waals surface area contributed by atoms with E-state index in [1.54, 1.807) is 18.2 Å². The summed E-state index contributed by atoms with van der Waals surface area (Å²) in [6, 6.07) is 11.0. The number of fused-ring (bicyclic) bond motifs is 2. The van der Waals surface area contributed by atoms with Gasteiger partial charge in [-0.15, -0.1) is 0 Å². The van der Waals surface area contributed by atoms with Crippen LogP contribution in [-0.2, 0) is 9.59 Å². The van der Waals surface area contributed by atoms with Crippen molar-refractivity contribution in [1.82, 2.24) is 9.97 Å². The predicted molar refractivity (Wildman–Crippen MR) is 101 cm³/mol. The maximum Gasteiger partial charge on any atom is 0.227 e. The lowest BCUT2D eigenvalue weighted by Crippen LogP contribution is -2.05. The van der Waals surface area contributed by atoms with E-state index in [1.165, 1.54) is 25.2 Å². The molecular weight excluding hydrogens is 352 g/mol. The molecule has 0 aliphatic rings. The smallest absolute Gasteiger partial charge is 0.227 e. The zero-order chi connectivity index (χ0) is 18.3. The van der Waals surface area contributed by atoms with Crippen LogP contribution in [0.1, 0.15) is 13.8 Å². The van der Waals surface area contributed by atoms with Gasteiger partial charge in [-0.2, -0.15) is 0 Å². The fourth-order valence-corrected chi connectivity index (χ4v) is 3.54. The highest BCUT2D eigenvalue weighted by Crippen LogP contribution is 2.32. The Morgan fingerprint density at radius 2 is 1.77 bits per heavy atom. The first kappa shape index (κ1) is 16.2. The van der Waals surface area contributed by atoms with Crippen LogP contribution in [0.5, 0.6) is 0 Å². The Balaban J connectivity index is 1.71. The zero-order valence-corrected chi connectivity index (χ0v) is 14.8. The minimum atomic E-state index is -0.154. The van der Waals surface area contributed by atoms with Gasteiger partial charge in [0.2, 0.25) is 17.7 Å². The number of aromatic nitrogens is 2. The van der Waals surface area contributed by atoms with Crippen LogP contribution in [0.4, 0.5) is 10.8 Å². The number of carbonyl (C=O) groups is 2. The molecular formula is C18H14N4O3S. The van der Waals surface area contributed by atoms with Gasteiger partial charge in [-0.25, -0.2) is 9.97 Å². The third-order valence-electron chi connectivity index (χ3n) is 3.63. The molecule has 2 aromatic carbocycles. The first-order chi connectivity index (χ1) is 12.5. The number of oxazole rings is 1. The highest BCUT2D eigenvalue weighted by Gasteiger charge is 2.12. The molecule has 7 nitrogen and oxygen atoms in total. The van der Waals surface area contributed by atoms with Crippen molar-refractivity contribution in [1.29, 1.82) is 0 Å². The summed E-state index contributed by atoms with van der Waals surface area (Å²) >= 11 is 1.39. The van der Waals surface area contributed by atoms with Gasteiger partial charge in [-0.3, -0.25) is 9.59 Å². The van der Waals surface area contributed by atoms with Gasteiger partial charge >= 0.3 is 0 Å². The van der Waals surface area contributed by atoms with Crippen molar-refractivity contribution in [2.24, 2.45) is 0 Å². The number of nitrogens with one attached hydrogen (secondary N) is 2. The van der Waals surface area contributed by atoms with Crippen LogP contribution in [0.15, 0.2) is 40.8 Å². The van der Waals surface area contributed by atoms with Crippen molar-refractivity contribution in [3.05, 3.63) is 36.4 Å². The molecule has 0 spiro atoms. The SMILES string of the molecule is CC(=O)Nc1ccc2oc(-c3ccc4nc(NC(C)=O)sc4c3)nc2c1. The number of thiazole rings is 1. The first-order valence-corrected chi connectivity index (χ1v) is 8.66. The van der Waals surface area contributed by atoms with Crippen LogP contribution in [0.3, 0.4) is 0 Å². The standard InChI is InChI=1S/C18H14N4O3S/c1-9(23)19-12-4-6-15-14(8-12)21-17(25-15)11-3-5-13-16(7-11)26-18(22-13)20-10(2)24/h3-8H,1-2H3,(H,19,23)(H,20,22,24). The minimum absolute atomic E-state index is 0.140. The van der Waals surface area contributed by atoms with Crippen molar-refractivity contribution in [2.75, 3.05) is 10.6 Å². The number of hydrogen-bond donors (Lipinski definition) is 2. The normalized spacial score (nSPS) is 11.0. The number of benzene rings is 2. The fourth-order valence-electron chi connectivity index (χ4n) is 2.59. The van der Waals surface area contributed by atoms with E-state index in [1.807, 2.05) is 18.2 Å². The van der Waals surface area contributed by atoms with Crippen molar-refractivity contribution in [3.8, 4) is 11.5 Å². The Morgan fingerprint density at radius 3 is 2.54 bits per heavy atom. The Morgan fingerprint density at radius 1 is 0.962 bits per heavy atom. The van der Waals surface area contributed by atoms with Crippen LogP contribution < -0.4 is 10.6 Å². The molecule has 8 heteroatoms. The third kappa shape index (κ3) is 3.14. The number of nitrogens with zero attached hydrogens (tertiary/aromatic N) is 2. The number of hydrogen-bond acceptors (Lipinski definition) is 6. The van der Waals surface area contributed by atoms with Gasteiger partial charge in [0, 0.05) is 25.1 Å². The Bertz CT molecular complexity index is 1150. The topological polar surface area (TPSA) is 97.1 Å². The molecule has 0 atom stereocenters. The molecule has 2 aromatic heterocycles. The summed E-state index contributed by atoms with van der Waals surface area (Å²) in [4.78, 5) is 31.2. The molecule has 0 unspecified atom stereocenters. The number of amides is 2. The van der Waals surface area contributed by atoms with E-state index in [4.69, 9.17) is 4.42 Å². The van der Waals surface area contributed by atoms with E-state index in [0.29, 0.717) is 27.8 Å². The Labute approximate surface area is 152 Å². The number of rotatable bonds is 3. The molecule has 26 heavy (non-hydrogen) atoms. The maximum atomic E-state index is 11.2. The van der Waals surface area contributed by atoms with Gasteiger partial charge in [0.05, 0.1) is 10.2 Å². The molecule has 0 radical (unpaired) electrons. The number of carbonyl (C=O) groups excluding carboxylic acids is 2. The van der Waals surface area contributed by atoms with Crippen molar-refractivity contribution < 1.29 is 14.0 Å². The summed E-state index contributed by atoms with van der Waals surface area (Å²) in [5, 5.41) is 5.98. The van der Waals surface area contributed by atoms with Crippen LogP contribution >= 0.6 is 11.3 Å². The summed E-state index contributed by atoms with van der Waals surface area (Å²) in [6.45, 7) is 2.91. The monoisotopic (exact) mass is 366 g/mol. The second-order valence-corrected chi connectivity index (χ2v) is 6.80. The lowest BCUT2D eigenvalue weighted by Gasteiger charge is -1.99. The van der Waals surface area contributed by atoms with Crippen molar-refractivity contribution in [2.45, 2.75) is 13.8 Å². The maximum absolute atomic E-state index is 11.2. The van der Waals surface area contributed by atoms with E-state index in [9.17, 15) is 9.59 Å². The lowest BCUT2D eigenvalue weighted by atomic mass is 10.2. The minimum Gasteiger partial charge on any atom is -0.436 e. The average Bonchev–Trinajstić information content (AvgIpc) is 3.15. The van der Waals surface area contributed by atoms with Crippen LogP contribution in [-0.4, -0.2) is 21.8 Å². The molecule has 4 rings (SSSR count). The zero-order valence-electron chi connectivity index (χ0n) is 14.0. The van der Waals surface area contributed by atoms with Gasteiger partial charge < -0.3 is 15.1 Å². The summed E-state index contributed by atoms with van der Waals surface area (Å²) in [5.41, 5.74) is 3.58. The van der Waals surface area contributed by atoms with Crippen LogP contribution in [0.2, 0.25) is 0 Å². The fraction of sp³-hybridized carbons (Fsp3) is 0.111. The van der Waals surface area contributed by atoms with Crippen molar-refractivity contribution >= 4 is 55.3 Å². The molecule has 4 aromatic rings. The van der Waals surface area contributed by atoms with E-state index in [-0.39, 0.29) is 11.8 Å². The number of anilines is 2. The Hall–Kier alpha value is -3.26. The highest BCUT2D eigenvalue weighted by atomic mass is 32.1. The third-order valence-corrected chi connectivity index (χ3v) is 4.56. The molecule has 2 N–H and O–H groups in total. The van der Waals surface area contributed by atoms with E-state index >= 15 is 0 Å². The average molecular weight is 366 g/mol. The largest absolute Gasteiger partial charge is 0.436 e. The molecule has 0 aliphatic carbocycles. The van der Waals surface area contributed by atoms with Crippen LogP contribution in [0.25, 0.3) is 32.8 Å². The van der Waals surface area contributed by atoms with Gasteiger partial charge in [-0.05, 0) is 36.4 Å². The molecule has 0 fully saturated rings. The van der Waals surface area contributed by atoms with Crippen molar-refractivity contribution in [3.63, 3.8) is 0 Å². The molecule has 0 saturated carbocycles. The second-order valence-electron chi connectivity index (χ2n) is 5.77. The van der Waals surface area contributed by atoms with Gasteiger partial charge in [0.25, 0.3) is 0 Å². The van der Waals surface area contributed by atoms with Gasteiger partial charge in [0.1, 0.15) is 5.52 Å². The molecule has 0 aliphatic heterocycles. The van der Waals surface area contributed by atoms with Crippen LogP contribution in [0, 0.1) is 0 Å². The molecule has 2 amide bonds. The van der Waals surface area contributed by atoms with Gasteiger partial charge in [0.15, 0.2) is 10.7 Å². The van der Waals surface area contributed by atoms with Gasteiger partial charge in [-0.1, -0.05) is 11.3 Å². The first-order valence-electron chi connectivity index (χ1n) is 7.85. The lowest BCUT2D eigenvalue weighted by molar-refractivity contribution is -0.115. The predicted octanol–water partition coefficient (Wildman–Crippen LogP) is 4.02. The quantitative estimate of drug-likeness (QED) is 0.571. The molecule has 130 valence electrons. The van der Waals surface area contributed by atoms with E-state index < -0.39 is 0 Å². The van der Waals surface area contributed by atoms with E-state index in [0.717, 1.165) is 15.8 Å². The molecule has 2 heterocycles. The summed E-state index contributed by atoms with van der Waals surface area (Å²) in [6.07, 6.45) is 0. The highest BCUT2D eigenvalue weighted by molar-refractivity contribution is 7.22.